The van der Waals surface area contributed by atoms with Crippen LogP contribution in [0.15, 0.2) is 78.9 Å². The number of nitrogens with zero attached hydrogens (tertiary/aromatic N) is 2. The first-order chi connectivity index (χ1) is 16.4. The number of hydrogen-bond donors (Lipinski definition) is 1. The van der Waals surface area contributed by atoms with Crippen LogP contribution in [-0.4, -0.2) is 15.7 Å². The Balaban J connectivity index is 1.65. The Labute approximate surface area is 199 Å². The third-order valence-electron chi connectivity index (χ3n) is 4.97. The molecular formula is C24H14ClF6N3O. The number of hydrogen-bond acceptors (Lipinski definition) is 2. The van der Waals surface area contributed by atoms with E-state index in [-0.39, 0.29) is 27.7 Å². The Kier molecular flexibility index (Phi) is 6.33. The van der Waals surface area contributed by atoms with Gasteiger partial charge in [-0.2, -0.15) is 31.4 Å². The van der Waals surface area contributed by atoms with Crippen molar-refractivity contribution in [2.45, 2.75) is 12.4 Å². The van der Waals surface area contributed by atoms with E-state index in [2.05, 4.69) is 10.4 Å². The van der Waals surface area contributed by atoms with Crippen LogP contribution in [0.3, 0.4) is 0 Å². The number of para-hydroxylation sites is 1. The van der Waals surface area contributed by atoms with Gasteiger partial charge in [-0.3, -0.25) is 4.79 Å². The first-order valence-electron chi connectivity index (χ1n) is 9.95. The molecule has 0 atom stereocenters. The number of anilines is 1. The Morgan fingerprint density at radius 1 is 0.829 bits per heavy atom. The average Bonchev–Trinajstić information content (AvgIpc) is 3.25. The zero-order valence-corrected chi connectivity index (χ0v) is 18.2. The van der Waals surface area contributed by atoms with Crippen molar-refractivity contribution in [1.29, 1.82) is 0 Å². The largest absolute Gasteiger partial charge is 0.435 e. The normalized spacial score (nSPS) is 12.0. The van der Waals surface area contributed by atoms with E-state index in [0.717, 1.165) is 28.9 Å². The highest BCUT2D eigenvalue weighted by Crippen LogP contribution is 2.35. The second kappa shape index (κ2) is 9.10. The third kappa shape index (κ3) is 5.32. The molecule has 4 rings (SSSR count). The number of alkyl halides is 6. The van der Waals surface area contributed by atoms with Crippen LogP contribution in [0.2, 0.25) is 5.02 Å². The van der Waals surface area contributed by atoms with Gasteiger partial charge in [0, 0.05) is 16.8 Å². The summed E-state index contributed by atoms with van der Waals surface area (Å²) in [4.78, 5) is 12.5. The Bertz CT molecular complexity index is 1380. The SMILES string of the molecule is O=C(Nc1cccc(C(F)(F)F)c1)c1ccc(-c2cc(C(F)(F)F)nn2-c2ccccc2Cl)cc1. The van der Waals surface area contributed by atoms with Gasteiger partial charge in [-0.15, -0.1) is 0 Å². The molecular weight excluding hydrogens is 496 g/mol. The molecule has 1 aromatic heterocycles. The van der Waals surface area contributed by atoms with Gasteiger partial charge >= 0.3 is 12.4 Å². The molecule has 0 aliphatic carbocycles. The van der Waals surface area contributed by atoms with Crippen molar-refractivity contribution in [3.63, 3.8) is 0 Å². The summed E-state index contributed by atoms with van der Waals surface area (Å²) in [5.41, 5.74) is -1.39. The summed E-state index contributed by atoms with van der Waals surface area (Å²) >= 11 is 6.16. The first-order valence-corrected chi connectivity index (χ1v) is 10.3. The van der Waals surface area contributed by atoms with Crippen molar-refractivity contribution in [2.75, 3.05) is 5.32 Å². The highest BCUT2D eigenvalue weighted by Gasteiger charge is 2.35. The lowest BCUT2D eigenvalue weighted by atomic mass is 10.1. The van der Waals surface area contributed by atoms with Crippen LogP contribution >= 0.6 is 11.6 Å². The monoisotopic (exact) mass is 509 g/mol. The predicted molar refractivity (Wildman–Crippen MR) is 118 cm³/mol. The minimum absolute atomic E-state index is 0.0551. The van der Waals surface area contributed by atoms with Crippen molar-refractivity contribution < 1.29 is 31.1 Å². The van der Waals surface area contributed by atoms with Crippen LogP contribution in [0.25, 0.3) is 16.9 Å². The molecule has 180 valence electrons. The fourth-order valence-corrected chi connectivity index (χ4v) is 3.52. The molecule has 0 radical (unpaired) electrons. The maximum atomic E-state index is 13.4. The van der Waals surface area contributed by atoms with Crippen LogP contribution in [0.5, 0.6) is 0 Å². The summed E-state index contributed by atoms with van der Waals surface area (Å²) < 4.78 is 79.8. The van der Waals surface area contributed by atoms with Crippen LogP contribution in [0, 0.1) is 0 Å². The topological polar surface area (TPSA) is 46.9 Å². The van der Waals surface area contributed by atoms with Gasteiger partial charge in [0.25, 0.3) is 5.91 Å². The van der Waals surface area contributed by atoms with Crippen molar-refractivity contribution in [3.05, 3.63) is 101 Å². The Hall–Kier alpha value is -3.79. The van der Waals surface area contributed by atoms with Gasteiger partial charge in [-0.05, 0) is 48.5 Å². The highest BCUT2D eigenvalue weighted by molar-refractivity contribution is 6.32. The Morgan fingerprint density at radius 3 is 2.14 bits per heavy atom. The maximum Gasteiger partial charge on any atom is 0.435 e. The van der Waals surface area contributed by atoms with E-state index in [9.17, 15) is 31.1 Å². The molecule has 4 aromatic rings. The number of halogens is 7. The fourth-order valence-electron chi connectivity index (χ4n) is 3.30. The third-order valence-corrected chi connectivity index (χ3v) is 5.29. The fraction of sp³-hybridized carbons (Fsp3) is 0.0833. The second-order valence-electron chi connectivity index (χ2n) is 7.39. The molecule has 1 N–H and O–H groups in total. The van der Waals surface area contributed by atoms with Gasteiger partial charge < -0.3 is 5.32 Å². The summed E-state index contributed by atoms with van der Waals surface area (Å²) in [5, 5.41) is 6.23. The van der Waals surface area contributed by atoms with Crippen molar-refractivity contribution in [3.8, 4) is 16.9 Å². The van der Waals surface area contributed by atoms with Crippen molar-refractivity contribution in [2.24, 2.45) is 0 Å². The lowest BCUT2D eigenvalue weighted by Crippen LogP contribution is -2.13. The molecule has 0 aliphatic rings. The number of aromatic nitrogens is 2. The van der Waals surface area contributed by atoms with Gasteiger partial charge in [0.15, 0.2) is 5.69 Å². The second-order valence-corrected chi connectivity index (χ2v) is 7.79. The smallest absolute Gasteiger partial charge is 0.322 e. The van der Waals surface area contributed by atoms with Crippen molar-refractivity contribution >= 4 is 23.2 Å². The van der Waals surface area contributed by atoms with E-state index in [1.165, 1.54) is 42.5 Å². The van der Waals surface area contributed by atoms with Gasteiger partial charge in [0.2, 0.25) is 0 Å². The number of nitrogens with one attached hydrogen (secondary N) is 1. The summed E-state index contributed by atoms with van der Waals surface area (Å²) in [7, 11) is 0. The number of carbonyl (C=O) groups is 1. The van der Waals surface area contributed by atoms with Crippen LogP contribution in [0.1, 0.15) is 21.6 Å². The number of benzene rings is 3. The lowest BCUT2D eigenvalue weighted by Gasteiger charge is -2.11. The zero-order valence-electron chi connectivity index (χ0n) is 17.5. The molecule has 1 heterocycles. The standard InChI is InChI=1S/C24H14ClF6N3O/c25-18-6-1-2-7-19(18)34-20(13-21(33-34)24(29,30)31)14-8-10-15(11-9-14)22(35)32-17-5-3-4-16(12-17)23(26,27)28/h1-13H,(H,32,35). The van der Waals surface area contributed by atoms with Crippen LogP contribution in [-0.2, 0) is 12.4 Å². The molecule has 1 amide bonds. The quantitative estimate of drug-likeness (QED) is 0.290. The van der Waals surface area contributed by atoms with E-state index in [1.54, 1.807) is 12.1 Å². The minimum Gasteiger partial charge on any atom is -0.322 e. The Morgan fingerprint density at radius 2 is 1.51 bits per heavy atom. The molecule has 0 fully saturated rings. The molecule has 0 unspecified atom stereocenters. The molecule has 0 bridgehead atoms. The van der Waals surface area contributed by atoms with E-state index in [1.807, 2.05) is 0 Å². The summed E-state index contributed by atoms with van der Waals surface area (Å²) in [6.45, 7) is 0. The summed E-state index contributed by atoms with van der Waals surface area (Å²) in [6, 6.07) is 16.8. The molecule has 3 aromatic carbocycles. The summed E-state index contributed by atoms with van der Waals surface area (Å²) in [6.07, 6.45) is -9.27. The molecule has 0 aliphatic heterocycles. The highest BCUT2D eigenvalue weighted by atomic mass is 35.5. The molecule has 11 heteroatoms. The van der Waals surface area contributed by atoms with E-state index in [0.29, 0.717) is 5.56 Å². The van der Waals surface area contributed by atoms with Crippen LogP contribution < -0.4 is 5.32 Å². The molecule has 4 nitrogen and oxygen atoms in total. The van der Waals surface area contributed by atoms with Crippen molar-refractivity contribution in [1.82, 2.24) is 9.78 Å². The molecule has 0 saturated heterocycles. The summed E-state index contributed by atoms with van der Waals surface area (Å²) in [5.74, 6) is -0.688. The van der Waals surface area contributed by atoms with E-state index in [4.69, 9.17) is 11.6 Å². The number of amides is 1. The minimum atomic E-state index is -4.70. The lowest BCUT2D eigenvalue weighted by molar-refractivity contribution is -0.141. The van der Waals surface area contributed by atoms with E-state index < -0.39 is 29.5 Å². The number of rotatable bonds is 4. The van der Waals surface area contributed by atoms with Gasteiger partial charge in [-0.1, -0.05) is 41.9 Å². The van der Waals surface area contributed by atoms with E-state index >= 15 is 0 Å². The van der Waals surface area contributed by atoms with Gasteiger partial charge in [0.05, 0.1) is 22.0 Å². The van der Waals surface area contributed by atoms with Crippen LogP contribution in [0.4, 0.5) is 32.0 Å². The zero-order chi connectivity index (χ0) is 25.4. The number of carbonyl (C=O) groups excluding carboxylic acids is 1. The maximum absolute atomic E-state index is 13.4. The molecule has 35 heavy (non-hydrogen) atoms. The first kappa shape index (κ1) is 24.3. The predicted octanol–water partition coefficient (Wildman–Crippen LogP) is 7.48. The molecule has 0 spiro atoms. The average molecular weight is 510 g/mol. The molecule has 0 saturated carbocycles. The van der Waals surface area contributed by atoms with Gasteiger partial charge in [-0.25, -0.2) is 4.68 Å². The van der Waals surface area contributed by atoms with Gasteiger partial charge in [0.1, 0.15) is 0 Å².